The Hall–Kier alpha value is -1.99. The van der Waals surface area contributed by atoms with E-state index in [1.165, 1.54) is 0 Å². The number of halogens is 3. The smallest absolute Gasteiger partial charge is 0.219 e. The lowest BCUT2D eigenvalue weighted by molar-refractivity contribution is -0.117. The molecule has 3 N–H and O–H groups in total. The molecule has 164 valence electrons. The highest BCUT2D eigenvalue weighted by molar-refractivity contribution is 6.42. The van der Waals surface area contributed by atoms with Crippen molar-refractivity contribution in [1.29, 1.82) is 0 Å². The highest BCUT2D eigenvalue weighted by atomic mass is 35.5. The fourth-order valence-electron chi connectivity index (χ4n) is 4.10. The fraction of sp³-hybridized carbons (Fsp3) is 0.364. The lowest BCUT2D eigenvalue weighted by atomic mass is 9.84. The number of ether oxygens (including phenoxy) is 1. The van der Waals surface area contributed by atoms with Crippen molar-refractivity contribution in [3.63, 3.8) is 0 Å². The van der Waals surface area contributed by atoms with E-state index in [4.69, 9.17) is 50.3 Å². The first-order chi connectivity index (χ1) is 14.9. The highest BCUT2D eigenvalue weighted by Gasteiger charge is 2.45. The number of fused-ring (bicyclic) bond motifs is 1. The van der Waals surface area contributed by atoms with Crippen LogP contribution >= 0.6 is 34.8 Å². The van der Waals surface area contributed by atoms with Crippen molar-refractivity contribution in [2.45, 2.75) is 31.3 Å². The molecule has 2 aliphatic heterocycles. The maximum Gasteiger partial charge on any atom is 0.219 e. The molecule has 0 atom stereocenters. The zero-order valence-corrected chi connectivity index (χ0v) is 19.1. The van der Waals surface area contributed by atoms with Gasteiger partial charge in [-0.3, -0.25) is 9.79 Å². The second kappa shape index (κ2) is 9.25. The first-order valence-corrected chi connectivity index (χ1v) is 11.2. The SMILES string of the molecule is NC(=O)CCN1/C(=N/Cc2cccc(Cl)c2)C2(CCOCC2)Nc2cc(Cl)c(Cl)cc21. The van der Waals surface area contributed by atoms with Gasteiger partial charge in [0.05, 0.1) is 33.5 Å². The maximum atomic E-state index is 11.6. The van der Waals surface area contributed by atoms with Crippen LogP contribution in [-0.4, -0.2) is 37.0 Å². The van der Waals surface area contributed by atoms with Crippen molar-refractivity contribution in [2.24, 2.45) is 10.7 Å². The van der Waals surface area contributed by atoms with Crippen LogP contribution in [0.25, 0.3) is 0 Å². The summed E-state index contributed by atoms with van der Waals surface area (Å²) in [6.45, 7) is 2.04. The monoisotopic (exact) mass is 480 g/mol. The molecule has 31 heavy (non-hydrogen) atoms. The molecular weight excluding hydrogens is 459 g/mol. The number of hydrogen-bond acceptors (Lipinski definition) is 4. The number of nitrogens with one attached hydrogen (secondary N) is 1. The van der Waals surface area contributed by atoms with Crippen LogP contribution in [0.15, 0.2) is 41.4 Å². The molecule has 6 nitrogen and oxygen atoms in total. The van der Waals surface area contributed by atoms with Gasteiger partial charge in [0.15, 0.2) is 0 Å². The molecular formula is C22H23Cl3N4O2. The molecule has 0 bridgehead atoms. The molecule has 2 aromatic carbocycles. The summed E-state index contributed by atoms with van der Waals surface area (Å²) in [7, 11) is 0. The van der Waals surface area contributed by atoms with E-state index >= 15 is 0 Å². The van der Waals surface area contributed by atoms with Crippen LogP contribution in [-0.2, 0) is 16.1 Å². The normalized spacial score (nSPS) is 18.7. The average Bonchev–Trinajstić information content (AvgIpc) is 2.73. The van der Waals surface area contributed by atoms with Gasteiger partial charge in [0.2, 0.25) is 5.91 Å². The second-order valence-electron chi connectivity index (χ2n) is 7.74. The van der Waals surface area contributed by atoms with Crippen molar-refractivity contribution in [1.82, 2.24) is 0 Å². The number of carbonyl (C=O) groups is 1. The predicted octanol–water partition coefficient (Wildman–Crippen LogP) is 4.90. The zero-order chi connectivity index (χ0) is 22.0. The topological polar surface area (TPSA) is 80.0 Å². The minimum absolute atomic E-state index is 0.183. The lowest BCUT2D eigenvalue weighted by Crippen LogP contribution is -2.60. The van der Waals surface area contributed by atoms with E-state index in [0.29, 0.717) is 41.4 Å². The quantitative estimate of drug-likeness (QED) is 0.636. The molecule has 2 aliphatic rings. The van der Waals surface area contributed by atoms with Gasteiger partial charge in [0.1, 0.15) is 5.84 Å². The Morgan fingerprint density at radius 2 is 1.90 bits per heavy atom. The van der Waals surface area contributed by atoms with Crippen molar-refractivity contribution in [3.8, 4) is 0 Å². The molecule has 0 unspecified atom stereocenters. The van der Waals surface area contributed by atoms with E-state index in [-0.39, 0.29) is 12.3 Å². The van der Waals surface area contributed by atoms with Gasteiger partial charge in [0, 0.05) is 44.0 Å². The van der Waals surface area contributed by atoms with Crippen molar-refractivity contribution < 1.29 is 9.53 Å². The highest BCUT2D eigenvalue weighted by Crippen LogP contribution is 2.44. The molecule has 2 heterocycles. The minimum atomic E-state index is -0.446. The second-order valence-corrected chi connectivity index (χ2v) is 8.99. The number of amides is 1. The molecule has 0 saturated carbocycles. The molecule has 4 rings (SSSR count). The average molecular weight is 482 g/mol. The third kappa shape index (κ3) is 4.77. The van der Waals surface area contributed by atoms with E-state index in [1.807, 2.05) is 35.2 Å². The fourth-order valence-corrected chi connectivity index (χ4v) is 4.64. The summed E-state index contributed by atoms with van der Waals surface area (Å²) < 4.78 is 5.64. The van der Waals surface area contributed by atoms with E-state index < -0.39 is 5.54 Å². The molecule has 0 radical (unpaired) electrons. The summed E-state index contributed by atoms with van der Waals surface area (Å²) in [6.07, 6.45) is 1.64. The van der Waals surface area contributed by atoms with Gasteiger partial charge in [-0.15, -0.1) is 0 Å². The minimum Gasteiger partial charge on any atom is -0.381 e. The van der Waals surface area contributed by atoms with Gasteiger partial charge >= 0.3 is 0 Å². The third-order valence-electron chi connectivity index (χ3n) is 5.62. The molecule has 9 heteroatoms. The van der Waals surface area contributed by atoms with Crippen molar-refractivity contribution >= 4 is 57.9 Å². The number of amidine groups is 1. The van der Waals surface area contributed by atoms with Crippen LogP contribution in [0.2, 0.25) is 15.1 Å². The molecule has 0 aliphatic carbocycles. The number of carbonyl (C=O) groups excluding carboxylic acids is 1. The number of primary amides is 1. The molecule has 1 saturated heterocycles. The maximum absolute atomic E-state index is 11.6. The summed E-state index contributed by atoms with van der Waals surface area (Å²) in [5, 5.41) is 5.22. The number of nitrogens with zero attached hydrogens (tertiary/aromatic N) is 2. The van der Waals surface area contributed by atoms with E-state index in [0.717, 1.165) is 35.6 Å². The van der Waals surface area contributed by atoms with Crippen LogP contribution < -0.4 is 16.0 Å². The summed E-state index contributed by atoms with van der Waals surface area (Å²) >= 11 is 18.8. The number of rotatable bonds is 5. The molecule has 1 fully saturated rings. The number of anilines is 2. The standard InChI is InChI=1S/C22H23Cl3N4O2/c23-15-3-1-2-14(10-15)13-27-21-22(5-8-31-9-6-22)28-18-11-16(24)17(25)12-19(18)29(21)7-4-20(26)30/h1-3,10-12,28H,4-9,13H2,(H2,26,30)/b27-21+. The number of aliphatic imine (C=N–C) groups is 1. The largest absolute Gasteiger partial charge is 0.381 e. The van der Waals surface area contributed by atoms with Gasteiger partial charge < -0.3 is 20.7 Å². The Bertz CT molecular complexity index is 1020. The van der Waals surface area contributed by atoms with E-state index in [9.17, 15) is 4.79 Å². The van der Waals surface area contributed by atoms with Crippen LogP contribution in [0.1, 0.15) is 24.8 Å². The molecule has 2 aromatic rings. The summed E-state index contributed by atoms with van der Waals surface area (Å²) in [6, 6.07) is 11.2. The van der Waals surface area contributed by atoms with Gasteiger partial charge in [-0.1, -0.05) is 46.9 Å². The predicted molar refractivity (Wildman–Crippen MR) is 127 cm³/mol. The van der Waals surface area contributed by atoms with E-state index in [2.05, 4.69) is 5.32 Å². The first-order valence-electron chi connectivity index (χ1n) is 10.1. The summed E-state index contributed by atoms with van der Waals surface area (Å²) in [5.74, 6) is 0.457. The molecule has 1 amide bonds. The Kier molecular flexibility index (Phi) is 6.63. The Labute approximate surface area is 196 Å². The van der Waals surface area contributed by atoms with Gasteiger partial charge in [-0.05, 0) is 29.8 Å². The zero-order valence-electron chi connectivity index (χ0n) is 16.8. The Morgan fingerprint density at radius 1 is 1.16 bits per heavy atom. The van der Waals surface area contributed by atoms with Crippen molar-refractivity contribution in [3.05, 3.63) is 57.0 Å². The van der Waals surface area contributed by atoms with Crippen LogP contribution in [0.4, 0.5) is 11.4 Å². The van der Waals surface area contributed by atoms with Crippen LogP contribution in [0.5, 0.6) is 0 Å². The van der Waals surface area contributed by atoms with Crippen LogP contribution in [0, 0.1) is 0 Å². The molecule has 1 spiro atoms. The molecule has 0 aromatic heterocycles. The van der Waals surface area contributed by atoms with Gasteiger partial charge in [-0.2, -0.15) is 0 Å². The Morgan fingerprint density at radius 3 is 2.61 bits per heavy atom. The third-order valence-corrected chi connectivity index (χ3v) is 6.57. The number of nitrogens with two attached hydrogens (primary N) is 1. The summed E-state index contributed by atoms with van der Waals surface area (Å²) in [5.41, 5.74) is 7.70. The van der Waals surface area contributed by atoms with E-state index in [1.54, 1.807) is 6.07 Å². The first kappa shape index (κ1) is 22.2. The van der Waals surface area contributed by atoms with Crippen LogP contribution in [0.3, 0.4) is 0 Å². The van der Waals surface area contributed by atoms with Crippen molar-refractivity contribution in [2.75, 3.05) is 30.0 Å². The van der Waals surface area contributed by atoms with Gasteiger partial charge in [0.25, 0.3) is 0 Å². The Balaban J connectivity index is 1.81. The summed E-state index contributed by atoms with van der Waals surface area (Å²) in [4.78, 5) is 18.7. The number of hydrogen-bond donors (Lipinski definition) is 2. The number of benzene rings is 2. The van der Waals surface area contributed by atoms with Gasteiger partial charge in [-0.25, -0.2) is 0 Å². The lowest BCUT2D eigenvalue weighted by Gasteiger charge is -2.48.